The Labute approximate surface area is 111 Å². The minimum absolute atomic E-state index is 0.0920. The molecule has 0 spiro atoms. The Morgan fingerprint density at radius 1 is 1.35 bits per heavy atom. The van der Waals surface area contributed by atoms with Crippen molar-refractivity contribution >= 4 is 15.9 Å². The van der Waals surface area contributed by atoms with Gasteiger partial charge in [0.05, 0.1) is 10.4 Å². The molecule has 0 unspecified atom stereocenters. The number of hydrogen-bond donors (Lipinski definition) is 0. The number of methoxy groups -OCH3 is 1. The van der Waals surface area contributed by atoms with Gasteiger partial charge in [-0.1, -0.05) is 46.3 Å². The number of rotatable bonds is 2. The maximum Gasteiger partial charge on any atom is 0.172 e. The van der Waals surface area contributed by atoms with Gasteiger partial charge in [0, 0.05) is 7.11 Å². The molecule has 1 aromatic rings. The van der Waals surface area contributed by atoms with E-state index in [2.05, 4.69) is 47.1 Å². The molecule has 1 saturated heterocycles. The van der Waals surface area contributed by atoms with Gasteiger partial charge in [-0.15, -0.1) is 0 Å². The van der Waals surface area contributed by atoms with Crippen LogP contribution in [0, 0.1) is 0 Å². The van der Waals surface area contributed by atoms with E-state index in [9.17, 15) is 0 Å². The Hall–Kier alpha value is -0.380. The van der Waals surface area contributed by atoms with Crippen molar-refractivity contribution < 1.29 is 9.47 Å². The summed E-state index contributed by atoms with van der Waals surface area (Å²) in [6.45, 7) is 2.13. The summed E-state index contributed by atoms with van der Waals surface area (Å²) in [5.41, 5.74) is 1.24. The molecule has 17 heavy (non-hydrogen) atoms. The van der Waals surface area contributed by atoms with Gasteiger partial charge in [0.2, 0.25) is 0 Å². The summed E-state index contributed by atoms with van der Waals surface area (Å²) < 4.78 is 11.5. The van der Waals surface area contributed by atoms with E-state index in [1.165, 1.54) is 5.56 Å². The molecule has 0 aromatic heterocycles. The van der Waals surface area contributed by atoms with Crippen molar-refractivity contribution in [2.24, 2.45) is 0 Å². The summed E-state index contributed by atoms with van der Waals surface area (Å²) in [7, 11) is 1.71. The van der Waals surface area contributed by atoms with Crippen molar-refractivity contribution in [1.82, 2.24) is 0 Å². The van der Waals surface area contributed by atoms with Crippen molar-refractivity contribution in [3.8, 4) is 0 Å². The minimum Gasteiger partial charge on any atom is -0.354 e. The van der Waals surface area contributed by atoms with Gasteiger partial charge in [-0.3, -0.25) is 0 Å². The average molecular weight is 299 g/mol. The van der Waals surface area contributed by atoms with Crippen LogP contribution in [0.15, 0.2) is 30.3 Å². The van der Waals surface area contributed by atoms with Crippen LogP contribution < -0.4 is 0 Å². The van der Waals surface area contributed by atoms with Crippen molar-refractivity contribution in [1.29, 1.82) is 0 Å². The van der Waals surface area contributed by atoms with E-state index in [4.69, 9.17) is 9.47 Å². The van der Waals surface area contributed by atoms with Crippen molar-refractivity contribution in [2.45, 2.75) is 42.9 Å². The molecule has 0 saturated carbocycles. The van der Waals surface area contributed by atoms with E-state index in [0.29, 0.717) is 0 Å². The van der Waals surface area contributed by atoms with Gasteiger partial charge >= 0.3 is 0 Å². The molecule has 1 aliphatic heterocycles. The summed E-state index contributed by atoms with van der Waals surface area (Å²) in [5, 5.41) is 0. The first-order chi connectivity index (χ1) is 8.13. The lowest BCUT2D eigenvalue weighted by Crippen LogP contribution is -2.36. The zero-order valence-electron chi connectivity index (χ0n) is 10.4. The SMILES string of the molecule is CO[C@@H]1O[C@@H](c2ccccc2)CCC[C@@]1(C)Br. The van der Waals surface area contributed by atoms with Crippen LogP contribution >= 0.6 is 15.9 Å². The fourth-order valence-corrected chi connectivity index (χ4v) is 2.90. The first kappa shape index (κ1) is 13.1. The molecule has 1 heterocycles. The highest BCUT2D eigenvalue weighted by Gasteiger charge is 2.37. The van der Waals surface area contributed by atoms with Crippen LogP contribution in [-0.4, -0.2) is 17.7 Å². The normalized spacial score (nSPS) is 34.3. The van der Waals surface area contributed by atoms with E-state index in [0.717, 1.165) is 19.3 Å². The highest BCUT2D eigenvalue weighted by molar-refractivity contribution is 9.10. The van der Waals surface area contributed by atoms with Gasteiger partial charge in [0.15, 0.2) is 6.29 Å². The molecule has 1 aliphatic rings. The summed E-state index contributed by atoms with van der Waals surface area (Å²) in [4.78, 5) is 0. The smallest absolute Gasteiger partial charge is 0.172 e. The maximum atomic E-state index is 6.09. The minimum atomic E-state index is -0.199. The molecule has 94 valence electrons. The predicted molar refractivity (Wildman–Crippen MR) is 72.2 cm³/mol. The molecule has 0 radical (unpaired) electrons. The first-order valence-electron chi connectivity index (χ1n) is 6.05. The molecule has 0 N–H and O–H groups in total. The van der Waals surface area contributed by atoms with Gasteiger partial charge in [0.1, 0.15) is 0 Å². The Balaban J connectivity index is 2.16. The fraction of sp³-hybridized carbons (Fsp3) is 0.571. The number of ether oxygens (including phenoxy) is 2. The standard InChI is InChI=1S/C14H19BrO2/c1-14(15)10-6-9-12(17-13(14)16-2)11-7-4-3-5-8-11/h3-5,7-8,12-13H,6,9-10H2,1-2H3/t12-,13-,14-/m1/s1. The lowest BCUT2D eigenvalue weighted by molar-refractivity contribution is -0.165. The molecule has 1 aromatic carbocycles. The van der Waals surface area contributed by atoms with Gasteiger partial charge in [0.25, 0.3) is 0 Å². The third-order valence-corrected chi connectivity index (χ3v) is 4.07. The fourth-order valence-electron chi connectivity index (χ4n) is 2.32. The number of alkyl halides is 1. The lowest BCUT2D eigenvalue weighted by atomic mass is 10.0. The number of halogens is 1. The summed E-state index contributed by atoms with van der Waals surface area (Å²) >= 11 is 3.72. The first-order valence-corrected chi connectivity index (χ1v) is 6.85. The zero-order valence-corrected chi connectivity index (χ0v) is 11.9. The molecular weight excluding hydrogens is 280 g/mol. The summed E-state index contributed by atoms with van der Waals surface area (Å²) in [6, 6.07) is 10.4. The number of benzene rings is 1. The second-order valence-electron chi connectivity index (χ2n) is 4.77. The topological polar surface area (TPSA) is 18.5 Å². The maximum absolute atomic E-state index is 6.09. The van der Waals surface area contributed by atoms with Gasteiger partial charge < -0.3 is 9.47 Å². The molecule has 3 heteroatoms. The van der Waals surface area contributed by atoms with E-state index < -0.39 is 0 Å². The second-order valence-corrected chi connectivity index (χ2v) is 6.58. The van der Waals surface area contributed by atoms with Crippen molar-refractivity contribution in [2.75, 3.05) is 7.11 Å². The summed E-state index contributed by atoms with van der Waals surface area (Å²) in [6.07, 6.45) is 3.19. The van der Waals surface area contributed by atoms with Crippen LogP contribution in [0.3, 0.4) is 0 Å². The predicted octanol–water partition coefficient (Wildman–Crippen LogP) is 4.05. The highest BCUT2D eigenvalue weighted by Crippen LogP contribution is 2.39. The van der Waals surface area contributed by atoms with Gasteiger partial charge in [-0.25, -0.2) is 0 Å². The Morgan fingerprint density at radius 3 is 2.71 bits per heavy atom. The van der Waals surface area contributed by atoms with E-state index >= 15 is 0 Å². The van der Waals surface area contributed by atoms with E-state index in [1.54, 1.807) is 7.11 Å². The zero-order chi connectivity index (χ0) is 12.3. The quantitative estimate of drug-likeness (QED) is 0.767. The molecule has 0 amide bonds. The lowest BCUT2D eigenvalue weighted by Gasteiger charge is -2.30. The van der Waals surface area contributed by atoms with Crippen LogP contribution in [-0.2, 0) is 9.47 Å². The molecule has 2 rings (SSSR count). The van der Waals surface area contributed by atoms with Crippen LogP contribution in [0.25, 0.3) is 0 Å². The third-order valence-electron chi connectivity index (χ3n) is 3.30. The molecule has 0 bridgehead atoms. The van der Waals surface area contributed by atoms with E-state index in [-0.39, 0.29) is 16.7 Å². The molecule has 1 fully saturated rings. The molecule has 2 nitrogen and oxygen atoms in total. The second kappa shape index (κ2) is 5.51. The van der Waals surface area contributed by atoms with Crippen LogP contribution in [0.5, 0.6) is 0 Å². The third kappa shape index (κ3) is 3.09. The van der Waals surface area contributed by atoms with Gasteiger partial charge in [-0.2, -0.15) is 0 Å². The van der Waals surface area contributed by atoms with Gasteiger partial charge in [-0.05, 0) is 31.7 Å². The Morgan fingerprint density at radius 2 is 2.06 bits per heavy atom. The van der Waals surface area contributed by atoms with Crippen molar-refractivity contribution in [3.05, 3.63) is 35.9 Å². The number of hydrogen-bond acceptors (Lipinski definition) is 2. The largest absolute Gasteiger partial charge is 0.354 e. The summed E-state index contributed by atoms with van der Waals surface area (Å²) in [5.74, 6) is 0. The molecule has 3 atom stereocenters. The highest BCUT2D eigenvalue weighted by atomic mass is 79.9. The molecule has 0 aliphatic carbocycles. The Kier molecular flexibility index (Phi) is 4.23. The monoisotopic (exact) mass is 298 g/mol. The Bertz CT molecular complexity index is 350. The van der Waals surface area contributed by atoms with Crippen LogP contribution in [0.2, 0.25) is 0 Å². The van der Waals surface area contributed by atoms with Crippen LogP contribution in [0.4, 0.5) is 0 Å². The van der Waals surface area contributed by atoms with Crippen molar-refractivity contribution in [3.63, 3.8) is 0 Å². The average Bonchev–Trinajstić information content (AvgIpc) is 2.48. The molecular formula is C14H19BrO2. The van der Waals surface area contributed by atoms with E-state index in [1.807, 2.05) is 6.07 Å². The van der Waals surface area contributed by atoms with Crippen LogP contribution in [0.1, 0.15) is 37.9 Å².